The minimum atomic E-state index is -0.541. The molecule has 1 aliphatic rings. The largest absolute Gasteiger partial charge is 0.459 e. The lowest BCUT2D eigenvalue weighted by atomic mass is 10.1. The SMILES string of the molecule is Cc1cccc(N2C[C@@H](C(=O)OCc3cc(=O)n4c(C)cccc4n3)CC2=O)c1C. The second-order valence-electron chi connectivity index (χ2n) is 7.68. The van der Waals surface area contributed by atoms with Crippen molar-refractivity contribution >= 4 is 23.2 Å². The van der Waals surface area contributed by atoms with E-state index < -0.39 is 11.9 Å². The monoisotopic (exact) mass is 405 g/mol. The van der Waals surface area contributed by atoms with Crippen molar-refractivity contribution in [3.63, 3.8) is 0 Å². The molecule has 0 unspecified atom stereocenters. The van der Waals surface area contributed by atoms with E-state index in [1.54, 1.807) is 11.0 Å². The summed E-state index contributed by atoms with van der Waals surface area (Å²) in [4.78, 5) is 43.5. The number of ether oxygens (including phenoxy) is 1. The summed E-state index contributed by atoms with van der Waals surface area (Å²) in [5, 5.41) is 0. The summed E-state index contributed by atoms with van der Waals surface area (Å²) in [5.41, 5.74) is 4.40. The van der Waals surface area contributed by atoms with Crippen LogP contribution in [0, 0.1) is 26.7 Å². The average molecular weight is 405 g/mol. The molecule has 30 heavy (non-hydrogen) atoms. The van der Waals surface area contributed by atoms with Gasteiger partial charge in [0.15, 0.2) is 0 Å². The normalized spacial score (nSPS) is 16.3. The van der Waals surface area contributed by atoms with Crippen molar-refractivity contribution in [2.24, 2.45) is 5.92 Å². The molecule has 0 N–H and O–H groups in total. The van der Waals surface area contributed by atoms with Gasteiger partial charge in [0.25, 0.3) is 5.56 Å². The fourth-order valence-corrected chi connectivity index (χ4v) is 3.83. The van der Waals surface area contributed by atoms with Crippen molar-refractivity contribution in [2.45, 2.75) is 33.8 Å². The third-order valence-electron chi connectivity index (χ3n) is 5.62. The molecule has 1 atom stereocenters. The van der Waals surface area contributed by atoms with Crippen LogP contribution < -0.4 is 10.5 Å². The number of benzene rings is 1. The fraction of sp³-hybridized carbons (Fsp3) is 0.304. The van der Waals surface area contributed by atoms with Gasteiger partial charge in [0.1, 0.15) is 12.3 Å². The number of pyridine rings is 1. The molecule has 154 valence electrons. The Morgan fingerprint density at radius 3 is 2.70 bits per heavy atom. The molecule has 0 radical (unpaired) electrons. The van der Waals surface area contributed by atoms with Crippen molar-refractivity contribution in [1.82, 2.24) is 9.38 Å². The van der Waals surface area contributed by atoms with Gasteiger partial charge in [-0.25, -0.2) is 4.98 Å². The average Bonchev–Trinajstić information content (AvgIpc) is 3.09. The van der Waals surface area contributed by atoms with Crippen molar-refractivity contribution in [3.8, 4) is 0 Å². The number of rotatable bonds is 4. The zero-order valence-corrected chi connectivity index (χ0v) is 17.2. The van der Waals surface area contributed by atoms with Gasteiger partial charge in [-0.3, -0.25) is 18.8 Å². The van der Waals surface area contributed by atoms with Crippen LogP contribution in [0.5, 0.6) is 0 Å². The molecule has 4 rings (SSSR count). The molecule has 0 saturated carbocycles. The maximum Gasteiger partial charge on any atom is 0.311 e. The van der Waals surface area contributed by atoms with Crippen LogP contribution >= 0.6 is 0 Å². The van der Waals surface area contributed by atoms with Gasteiger partial charge in [-0.15, -0.1) is 0 Å². The molecule has 3 heterocycles. The van der Waals surface area contributed by atoms with Crippen LogP contribution in [-0.2, 0) is 20.9 Å². The first-order chi connectivity index (χ1) is 14.3. The molecule has 1 aromatic carbocycles. The van der Waals surface area contributed by atoms with Gasteiger partial charge >= 0.3 is 5.97 Å². The molecule has 1 fully saturated rings. The van der Waals surface area contributed by atoms with E-state index in [-0.39, 0.29) is 31.0 Å². The van der Waals surface area contributed by atoms with Gasteiger partial charge in [-0.05, 0) is 50.1 Å². The van der Waals surface area contributed by atoms with Gasteiger partial charge in [0.05, 0.1) is 11.6 Å². The van der Waals surface area contributed by atoms with E-state index in [0.717, 1.165) is 22.5 Å². The number of amides is 1. The highest BCUT2D eigenvalue weighted by molar-refractivity contribution is 6.00. The predicted octanol–water partition coefficient (Wildman–Crippen LogP) is 2.72. The summed E-state index contributed by atoms with van der Waals surface area (Å²) in [6.45, 7) is 5.97. The highest BCUT2D eigenvalue weighted by atomic mass is 16.5. The van der Waals surface area contributed by atoms with E-state index >= 15 is 0 Å². The Labute approximate surface area is 173 Å². The van der Waals surface area contributed by atoms with Crippen molar-refractivity contribution in [3.05, 3.63) is 75.3 Å². The molecule has 0 aliphatic carbocycles. The zero-order valence-electron chi connectivity index (χ0n) is 17.2. The summed E-state index contributed by atoms with van der Waals surface area (Å²) in [6, 6.07) is 12.5. The fourth-order valence-electron chi connectivity index (χ4n) is 3.83. The first-order valence-electron chi connectivity index (χ1n) is 9.86. The predicted molar refractivity (Wildman–Crippen MR) is 112 cm³/mol. The number of aromatic nitrogens is 2. The van der Waals surface area contributed by atoms with Gasteiger partial charge in [0.2, 0.25) is 5.91 Å². The summed E-state index contributed by atoms with van der Waals surface area (Å²) >= 11 is 0. The van der Waals surface area contributed by atoms with E-state index in [9.17, 15) is 14.4 Å². The van der Waals surface area contributed by atoms with Crippen molar-refractivity contribution in [1.29, 1.82) is 0 Å². The van der Waals surface area contributed by atoms with Crippen molar-refractivity contribution in [2.75, 3.05) is 11.4 Å². The highest BCUT2D eigenvalue weighted by Crippen LogP contribution is 2.30. The van der Waals surface area contributed by atoms with Crippen LogP contribution in [0.4, 0.5) is 5.69 Å². The van der Waals surface area contributed by atoms with Gasteiger partial charge in [-0.2, -0.15) is 0 Å². The molecule has 1 amide bonds. The Balaban J connectivity index is 1.46. The van der Waals surface area contributed by atoms with Crippen LogP contribution in [0.25, 0.3) is 5.65 Å². The second kappa shape index (κ2) is 7.74. The lowest BCUT2D eigenvalue weighted by Crippen LogP contribution is -2.27. The first-order valence-corrected chi connectivity index (χ1v) is 9.86. The van der Waals surface area contributed by atoms with E-state index in [4.69, 9.17) is 4.74 Å². The van der Waals surface area contributed by atoms with Crippen molar-refractivity contribution < 1.29 is 14.3 Å². The Kier molecular flexibility index (Phi) is 5.11. The van der Waals surface area contributed by atoms with E-state index in [1.807, 2.05) is 51.1 Å². The van der Waals surface area contributed by atoms with Crippen LogP contribution in [0.1, 0.15) is 28.9 Å². The number of anilines is 1. The number of aryl methyl sites for hydroxylation is 2. The second-order valence-corrected chi connectivity index (χ2v) is 7.68. The van der Waals surface area contributed by atoms with Crippen LogP contribution in [0.15, 0.2) is 47.3 Å². The summed E-state index contributed by atoms with van der Waals surface area (Å²) in [6.07, 6.45) is 0.110. The highest BCUT2D eigenvalue weighted by Gasteiger charge is 2.36. The lowest BCUT2D eigenvalue weighted by Gasteiger charge is -2.20. The number of hydrogen-bond donors (Lipinski definition) is 0. The topological polar surface area (TPSA) is 81.0 Å². The number of esters is 1. The molecule has 1 saturated heterocycles. The molecule has 7 nitrogen and oxygen atoms in total. The number of fused-ring (bicyclic) bond motifs is 1. The zero-order chi connectivity index (χ0) is 21.4. The number of hydrogen-bond acceptors (Lipinski definition) is 5. The molecule has 2 aromatic heterocycles. The smallest absolute Gasteiger partial charge is 0.311 e. The van der Waals surface area contributed by atoms with Crippen LogP contribution in [-0.4, -0.2) is 27.8 Å². The Morgan fingerprint density at radius 2 is 1.90 bits per heavy atom. The molecule has 1 aliphatic heterocycles. The van der Waals surface area contributed by atoms with E-state index in [2.05, 4.69) is 4.98 Å². The number of nitrogens with zero attached hydrogens (tertiary/aromatic N) is 3. The summed E-state index contributed by atoms with van der Waals surface area (Å²) < 4.78 is 6.91. The number of carbonyl (C=O) groups excluding carboxylic acids is 2. The third kappa shape index (κ3) is 3.58. The lowest BCUT2D eigenvalue weighted by molar-refractivity contribution is -0.149. The van der Waals surface area contributed by atoms with Crippen LogP contribution in [0.2, 0.25) is 0 Å². The van der Waals surface area contributed by atoms with Gasteiger partial charge in [-0.1, -0.05) is 18.2 Å². The van der Waals surface area contributed by atoms with E-state index in [1.165, 1.54) is 10.5 Å². The summed E-state index contributed by atoms with van der Waals surface area (Å²) in [5.74, 6) is -1.09. The molecule has 0 spiro atoms. The molecule has 0 bridgehead atoms. The van der Waals surface area contributed by atoms with Gasteiger partial charge in [0, 0.05) is 30.4 Å². The maximum atomic E-state index is 12.6. The standard InChI is InChI=1S/C23H23N3O4/c1-14-6-4-8-19(16(14)3)25-12-17(10-21(25)27)23(29)30-13-18-11-22(28)26-15(2)7-5-9-20(26)24-18/h4-9,11,17H,10,12-13H2,1-3H3/t17-/m0/s1. The number of carbonyl (C=O) groups is 2. The first kappa shape index (κ1) is 19.8. The van der Waals surface area contributed by atoms with E-state index in [0.29, 0.717) is 11.3 Å². The molecular formula is C23H23N3O4. The Morgan fingerprint density at radius 1 is 1.13 bits per heavy atom. The van der Waals surface area contributed by atoms with Gasteiger partial charge < -0.3 is 9.64 Å². The minimum Gasteiger partial charge on any atom is -0.459 e. The quantitative estimate of drug-likeness (QED) is 0.624. The summed E-state index contributed by atoms with van der Waals surface area (Å²) in [7, 11) is 0. The molecule has 3 aromatic rings. The molecular weight excluding hydrogens is 382 g/mol. The minimum absolute atomic E-state index is 0.0943. The third-order valence-corrected chi connectivity index (χ3v) is 5.62. The molecule has 7 heteroatoms. The Hall–Kier alpha value is -3.48. The maximum absolute atomic E-state index is 12.6. The Bertz CT molecular complexity index is 1210. The van der Waals surface area contributed by atoms with Crippen LogP contribution in [0.3, 0.4) is 0 Å².